The van der Waals surface area contributed by atoms with E-state index in [1.165, 1.54) is 11.8 Å². The number of hydrogen-bond acceptors (Lipinski definition) is 5. The van der Waals surface area contributed by atoms with Crippen molar-refractivity contribution in [2.45, 2.75) is 32.2 Å². The Kier molecular flexibility index (Phi) is 9.08. The van der Waals surface area contributed by atoms with Crippen molar-refractivity contribution in [2.75, 3.05) is 18.6 Å². The van der Waals surface area contributed by atoms with Crippen LogP contribution in [0, 0.1) is 0 Å². The Morgan fingerprint density at radius 3 is 2.50 bits per heavy atom. The summed E-state index contributed by atoms with van der Waals surface area (Å²) in [6.07, 6.45) is 2.14. The molecular formula is C11H19NO5S. The third kappa shape index (κ3) is 7.94. The lowest BCUT2D eigenvalue weighted by molar-refractivity contribution is -0.144. The van der Waals surface area contributed by atoms with E-state index >= 15 is 0 Å². The lowest BCUT2D eigenvalue weighted by atomic mass is 10.2. The smallest absolute Gasteiger partial charge is 0.326 e. The molecule has 0 fully saturated rings. The molecule has 0 aliphatic carbocycles. The van der Waals surface area contributed by atoms with Crippen LogP contribution in [0.1, 0.15) is 26.2 Å². The van der Waals surface area contributed by atoms with Gasteiger partial charge < -0.3 is 15.2 Å². The van der Waals surface area contributed by atoms with Gasteiger partial charge in [0.1, 0.15) is 6.04 Å². The summed E-state index contributed by atoms with van der Waals surface area (Å²) < 4.78 is 4.67. The van der Waals surface area contributed by atoms with Crippen molar-refractivity contribution in [1.82, 2.24) is 5.32 Å². The van der Waals surface area contributed by atoms with Crippen molar-refractivity contribution < 1.29 is 24.2 Å². The van der Waals surface area contributed by atoms with E-state index in [-0.39, 0.29) is 19.4 Å². The maximum Gasteiger partial charge on any atom is 0.326 e. The summed E-state index contributed by atoms with van der Waals surface area (Å²) >= 11 is 1.51. The van der Waals surface area contributed by atoms with Crippen LogP contribution in [-0.2, 0) is 19.1 Å². The number of aliphatic carboxylic acids is 1. The van der Waals surface area contributed by atoms with Crippen molar-refractivity contribution in [3.63, 3.8) is 0 Å². The van der Waals surface area contributed by atoms with Crippen molar-refractivity contribution in [3.8, 4) is 0 Å². The zero-order valence-electron chi connectivity index (χ0n) is 10.6. The van der Waals surface area contributed by atoms with Crippen LogP contribution < -0.4 is 5.32 Å². The predicted octanol–water partition coefficient (Wildman–Crippen LogP) is 0.652. The maximum atomic E-state index is 11.4. The number of hydrogen-bond donors (Lipinski definition) is 2. The third-order valence-corrected chi connectivity index (χ3v) is 2.75. The Morgan fingerprint density at radius 2 is 2.00 bits per heavy atom. The van der Waals surface area contributed by atoms with Gasteiger partial charge in [0.25, 0.3) is 0 Å². The number of rotatable bonds is 9. The Hall–Kier alpha value is -1.24. The summed E-state index contributed by atoms with van der Waals surface area (Å²) in [5, 5.41) is 11.3. The molecule has 0 radical (unpaired) electrons. The van der Waals surface area contributed by atoms with Gasteiger partial charge in [-0.1, -0.05) is 0 Å². The number of thioether (sulfide) groups is 1. The van der Waals surface area contributed by atoms with Crippen molar-refractivity contribution in [2.24, 2.45) is 0 Å². The number of carboxylic acids is 1. The van der Waals surface area contributed by atoms with E-state index < -0.39 is 23.9 Å². The van der Waals surface area contributed by atoms with Crippen LogP contribution in [-0.4, -0.2) is 47.6 Å². The van der Waals surface area contributed by atoms with Gasteiger partial charge in [-0.05, 0) is 25.4 Å². The topological polar surface area (TPSA) is 92.7 Å². The molecule has 18 heavy (non-hydrogen) atoms. The molecule has 0 aromatic rings. The maximum absolute atomic E-state index is 11.4. The minimum absolute atomic E-state index is 0.0332. The molecule has 7 heteroatoms. The van der Waals surface area contributed by atoms with Crippen LogP contribution in [0.5, 0.6) is 0 Å². The first-order valence-electron chi connectivity index (χ1n) is 5.68. The minimum Gasteiger partial charge on any atom is -0.480 e. The average molecular weight is 277 g/mol. The largest absolute Gasteiger partial charge is 0.480 e. The molecule has 2 N–H and O–H groups in total. The quantitative estimate of drug-likeness (QED) is 0.601. The fourth-order valence-corrected chi connectivity index (χ4v) is 1.68. The Morgan fingerprint density at radius 1 is 1.33 bits per heavy atom. The molecule has 0 saturated carbocycles. The van der Waals surface area contributed by atoms with E-state index in [1.54, 1.807) is 6.92 Å². The summed E-state index contributed by atoms with van der Waals surface area (Å²) in [7, 11) is 0. The SMILES string of the molecule is CCOC(=O)CCC(=O)NC(CCSC)C(=O)O. The average Bonchev–Trinajstić information content (AvgIpc) is 2.32. The monoisotopic (exact) mass is 277 g/mol. The normalized spacial score (nSPS) is 11.7. The lowest BCUT2D eigenvalue weighted by Gasteiger charge is -2.13. The number of carbonyl (C=O) groups excluding carboxylic acids is 2. The lowest BCUT2D eigenvalue weighted by Crippen LogP contribution is -2.41. The molecular weight excluding hydrogens is 258 g/mol. The summed E-state index contributed by atoms with van der Waals surface area (Å²) in [6.45, 7) is 1.95. The molecule has 0 aromatic carbocycles. The summed E-state index contributed by atoms with van der Waals surface area (Å²) in [5.74, 6) is -1.32. The van der Waals surface area contributed by atoms with Gasteiger partial charge in [0.2, 0.25) is 5.91 Å². The minimum atomic E-state index is -1.06. The Labute approximate surface area is 110 Å². The van der Waals surface area contributed by atoms with Crippen LogP contribution in [0.25, 0.3) is 0 Å². The Bertz CT molecular complexity index is 295. The van der Waals surface area contributed by atoms with Gasteiger partial charge in [-0.15, -0.1) is 0 Å². The van der Waals surface area contributed by atoms with Crippen molar-refractivity contribution in [3.05, 3.63) is 0 Å². The fraction of sp³-hybridized carbons (Fsp3) is 0.727. The van der Waals surface area contributed by atoms with E-state index in [2.05, 4.69) is 10.1 Å². The first-order valence-corrected chi connectivity index (χ1v) is 7.07. The molecule has 0 rings (SSSR count). The van der Waals surface area contributed by atoms with Crippen molar-refractivity contribution in [1.29, 1.82) is 0 Å². The second kappa shape index (κ2) is 9.76. The zero-order valence-corrected chi connectivity index (χ0v) is 11.4. The highest BCUT2D eigenvalue weighted by atomic mass is 32.2. The van der Waals surface area contributed by atoms with Crippen LogP contribution >= 0.6 is 11.8 Å². The highest BCUT2D eigenvalue weighted by molar-refractivity contribution is 7.98. The van der Waals surface area contributed by atoms with Gasteiger partial charge in [-0.3, -0.25) is 9.59 Å². The standard InChI is InChI=1S/C11H19NO5S/c1-3-17-10(14)5-4-9(13)12-8(11(15)16)6-7-18-2/h8H,3-7H2,1-2H3,(H,12,13)(H,15,16). The number of carboxylic acid groups (broad SMARTS) is 1. The number of nitrogens with one attached hydrogen (secondary N) is 1. The van der Waals surface area contributed by atoms with E-state index in [0.29, 0.717) is 12.2 Å². The summed E-state index contributed by atoms with van der Waals surface area (Å²) in [5.41, 5.74) is 0. The van der Waals surface area contributed by atoms with Gasteiger partial charge in [0.05, 0.1) is 13.0 Å². The highest BCUT2D eigenvalue weighted by Crippen LogP contribution is 2.02. The summed E-state index contributed by atoms with van der Waals surface area (Å²) in [4.78, 5) is 33.3. The van der Waals surface area contributed by atoms with E-state index in [1.807, 2.05) is 6.26 Å². The number of amides is 1. The number of ether oxygens (including phenoxy) is 1. The third-order valence-electron chi connectivity index (χ3n) is 2.11. The molecule has 0 bridgehead atoms. The molecule has 1 unspecified atom stereocenters. The van der Waals surface area contributed by atoms with Gasteiger partial charge in [-0.25, -0.2) is 4.79 Å². The predicted molar refractivity (Wildman–Crippen MR) is 68.4 cm³/mol. The van der Waals surface area contributed by atoms with Gasteiger partial charge in [0.15, 0.2) is 0 Å². The zero-order chi connectivity index (χ0) is 14.0. The van der Waals surface area contributed by atoms with E-state index in [4.69, 9.17) is 5.11 Å². The van der Waals surface area contributed by atoms with Gasteiger partial charge >= 0.3 is 11.9 Å². The molecule has 0 heterocycles. The van der Waals surface area contributed by atoms with E-state index in [9.17, 15) is 14.4 Å². The second-order valence-electron chi connectivity index (χ2n) is 3.54. The molecule has 0 spiro atoms. The van der Waals surface area contributed by atoms with Crippen LogP contribution in [0.3, 0.4) is 0 Å². The number of carbonyl (C=O) groups is 3. The van der Waals surface area contributed by atoms with Gasteiger partial charge in [-0.2, -0.15) is 11.8 Å². The first-order chi connectivity index (χ1) is 8.51. The molecule has 0 aromatic heterocycles. The summed E-state index contributed by atoms with van der Waals surface area (Å²) in [6, 6.07) is -0.896. The Balaban J connectivity index is 4.02. The van der Waals surface area contributed by atoms with Crippen molar-refractivity contribution >= 4 is 29.6 Å². The number of esters is 1. The second-order valence-corrected chi connectivity index (χ2v) is 4.53. The molecule has 1 atom stereocenters. The van der Waals surface area contributed by atoms with Gasteiger partial charge in [0, 0.05) is 6.42 Å². The first kappa shape index (κ1) is 16.8. The molecule has 0 aliphatic rings. The van der Waals surface area contributed by atoms with E-state index in [0.717, 1.165) is 0 Å². The molecule has 1 amide bonds. The fourth-order valence-electron chi connectivity index (χ4n) is 1.21. The van der Waals surface area contributed by atoms with Crippen LogP contribution in [0.15, 0.2) is 0 Å². The molecule has 6 nitrogen and oxygen atoms in total. The molecule has 0 aliphatic heterocycles. The molecule has 104 valence electrons. The molecule has 0 saturated heterocycles. The van der Waals surface area contributed by atoms with Crippen LogP contribution in [0.2, 0.25) is 0 Å². The van der Waals surface area contributed by atoms with Crippen LogP contribution in [0.4, 0.5) is 0 Å². The highest BCUT2D eigenvalue weighted by Gasteiger charge is 2.19.